The number of anilines is 1. The van der Waals surface area contributed by atoms with Crippen molar-refractivity contribution < 1.29 is 4.79 Å². The summed E-state index contributed by atoms with van der Waals surface area (Å²) in [5.41, 5.74) is 2.54. The minimum Gasteiger partial charge on any atom is -0.360 e. The summed E-state index contributed by atoms with van der Waals surface area (Å²) in [4.78, 5) is 16.3. The van der Waals surface area contributed by atoms with E-state index in [2.05, 4.69) is 102 Å². The van der Waals surface area contributed by atoms with E-state index in [-0.39, 0.29) is 6.04 Å². The Hall–Kier alpha value is -3.85. The molecule has 1 fully saturated rings. The first kappa shape index (κ1) is 18.9. The van der Waals surface area contributed by atoms with E-state index in [1.807, 2.05) is 4.90 Å². The van der Waals surface area contributed by atoms with Crippen molar-refractivity contribution in [3.8, 4) is 0 Å². The minimum atomic E-state index is 0.0655. The van der Waals surface area contributed by atoms with Gasteiger partial charge in [-0.3, -0.25) is 4.79 Å². The highest BCUT2D eigenvalue weighted by Crippen LogP contribution is 2.40. The van der Waals surface area contributed by atoms with E-state index < -0.39 is 0 Å². The van der Waals surface area contributed by atoms with Gasteiger partial charge < -0.3 is 9.80 Å². The quantitative estimate of drug-likeness (QED) is 0.260. The van der Waals surface area contributed by atoms with Crippen molar-refractivity contribution in [1.29, 1.82) is 0 Å². The van der Waals surface area contributed by atoms with Gasteiger partial charge in [-0.05, 0) is 44.6 Å². The summed E-state index contributed by atoms with van der Waals surface area (Å²) < 4.78 is 0. The molecule has 1 saturated heterocycles. The maximum atomic E-state index is 11.8. The van der Waals surface area contributed by atoms with Gasteiger partial charge in [0.2, 0.25) is 6.41 Å². The summed E-state index contributed by atoms with van der Waals surface area (Å²) in [5, 5.41) is 7.49. The second-order valence-corrected chi connectivity index (χ2v) is 8.54. The number of hydrogen-bond acceptors (Lipinski definition) is 2. The molecule has 1 aliphatic rings. The average molecular weight is 417 g/mol. The first-order chi connectivity index (χ1) is 15.8. The molecule has 5 aromatic carbocycles. The van der Waals surface area contributed by atoms with Crippen LogP contribution in [0.5, 0.6) is 0 Å². The van der Waals surface area contributed by atoms with E-state index in [0.29, 0.717) is 6.54 Å². The van der Waals surface area contributed by atoms with Gasteiger partial charge in [-0.1, -0.05) is 84.9 Å². The summed E-state index contributed by atoms with van der Waals surface area (Å²) in [6.45, 7) is 2.20. The Labute approximate surface area is 187 Å². The third-order valence-corrected chi connectivity index (χ3v) is 6.78. The maximum Gasteiger partial charge on any atom is 0.209 e. The molecule has 32 heavy (non-hydrogen) atoms. The van der Waals surface area contributed by atoms with Crippen LogP contribution in [0.25, 0.3) is 32.3 Å². The highest BCUT2D eigenvalue weighted by atomic mass is 16.1. The van der Waals surface area contributed by atoms with Crippen LogP contribution in [0.2, 0.25) is 0 Å². The first-order valence-electron chi connectivity index (χ1n) is 11.2. The summed E-state index contributed by atoms with van der Waals surface area (Å²) in [5.74, 6) is 0. The van der Waals surface area contributed by atoms with E-state index in [9.17, 15) is 4.79 Å². The van der Waals surface area contributed by atoms with E-state index in [4.69, 9.17) is 0 Å². The number of hydrogen-bond donors (Lipinski definition) is 0. The predicted octanol–water partition coefficient (Wildman–Crippen LogP) is 6.17. The molecule has 0 aliphatic carbocycles. The number of amides is 1. The van der Waals surface area contributed by atoms with E-state index >= 15 is 0 Å². The Morgan fingerprint density at radius 1 is 0.656 bits per heavy atom. The molecule has 5 aromatic rings. The SMILES string of the molecule is O=CN1CCN(c2cccc3ccccc23)C(c2c3ccccc3cc3ccccc23)C1. The topological polar surface area (TPSA) is 23.6 Å². The number of benzene rings is 5. The molecule has 1 heterocycles. The lowest BCUT2D eigenvalue weighted by Gasteiger charge is -2.43. The molecule has 1 unspecified atom stereocenters. The third kappa shape index (κ3) is 3.01. The van der Waals surface area contributed by atoms with Gasteiger partial charge in [-0.2, -0.15) is 0 Å². The Bertz CT molecular complexity index is 1400. The number of fused-ring (bicyclic) bond motifs is 3. The fraction of sp³-hybridized carbons (Fsp3) is 0.138. The molecule has 0 bridgehead atoms. The largest absolute Gasteiger partial charge is 0.360 e. The zero-order valence-corrected chi connectivity index (χ0v) is 17.8. The monoisotopic (exact) mass is 416 g/mol. The third-order valence-electron chi connectivity index (χ3n) is 6.78. The van der Waals surface area contributed by atoms with Crippen LogP contribution in [0, 0.1) is 0 Å². The lowest BCUT2D eigenvalue weighted by Crippen LogP contribution is -2.48. The number of nitrogens with zero attached hydrogens (tertiary/aromatic N) is 2. The lowest BCUT2D eigenvalue weighted by molar-refractivity contribution is -0.118. The Balaban J connectivity index is 1.63. The van der Waals surface area contributed by atoms with Crippen molar-refractivity contribution >= 4 is 44.4 Å². The molecule has 3 nitrogen and oxygen atoms in total. The Kier molecular flexibility index (Phi) is 4.53. The van der Waals surface area contributed by atoms with Gasteiger partial charge in [0.25, 0.3) is 0 Å². The zero-order chi connectivity index (χ0) is 21.5. The Morgan fingerprint density at radius 3 is 1.94 bits per heavy atom. The van der Waals surface area contributed by atoms with Gasteiger partial charge in [0.15, 0.2) is 0 Å². The van der Waals surface area contributed by atoms with E-state index in [0.717, 1.165) is 19.5 Å². The molecule has 0 radical (unpaired) electrons. The van der Waals surface area contributed by atoms with Gasteiger partial charge in [-0.15, -0.1) is 0 Å². The van der Waals surface area contributed by atoms with Crippen molar-refractivity contribution in [1.82, 2.24) is 4.90 Å². The highest BCUT2D eigenvalue weighted by Gasteiger charge is 2.31. The predicted molar refractivity (Wildman–Crippen MR) is 133 cm³/mol. The van der Waals surface area contributed by atoms with Crippen molar-refractivity contribution in [2.75, 3.05) is 24.5 Å². The first-order valence-corrected chi connectivity index (χ1v) is 11.2. The van der Waals surface area contributed by atoms with Crippen LogP contribution in [-0.2, 0) is 4.79 Å². The van der Waals surface area contributed by atoms with Gasteiger partial charge in [0.1, 0.15) is 0 Å². The summed E-state index contributed by atoms with van der Waals surface area (Å²) in [6.07, 6.45) is 1.00. The van der Waals surface area contributed by atoms with Gasteiger partial charge in [0, 0.05) is 30.7 Å². The van der Waals surface area contributed by atoms with Crippen molar-refractivity contribution in [2.45, 2.75) is 6.04 Å². The molecule has 0 aromatic heterocycles. The number of rotatable bonds is 3. The molecule has 1 atom stereocenters. The highest BCUT2D eigenvalue weighted by molar-refractivity contribution is 6.03. The molecule has 0 saturated carbocycles. The van der Waals surface area contributed by atoms with Gasteiger partial charge in [-0.25, -0.2) is 0 Å². The lowest BCUT2D eigenvalue weighted by atomic mass is 9.89. The van der Waals surface area contributed by atoms with Crippen LogP contribution in [0.3, 0.4) is 0 Å². The van der Waals surface area contributed by atoms with Crippen LogP contribution in [0.1, 0.15) is 11.6 Å². The molecule has 1 aliphatic heterocycles. The van der Waals surface area contributed by atoms with Crippen LogP contribution in [-0.4, -0.2) is 30.9 Å². The number of carbonyl (C=O) groups excluding carboxylic acids is 1. The molecule has 156 valence electrons. The average Bonchev–Trinajstić information content (AvgIpc) is 2.86. The molecular formula is C29H24N2O. The van der Waals surface area contributed by atoms with Crippen LogP contribution in [0.4, 0.5) is 5.69 Å². The fourth-order valence-corrected chi connectivity index (χ4v) is 5.30. The second kappa shape index (κ2) is 7.69. The minimum absolute atomic E-state index is 0.0655. The molecule has 0 N–H and O–H groups in total. The molecule has 3 heteroatoms. The normalized spacial score (nSPS) is 16.7. The standard InChI is InChI=1S/C29H24N2O/c32-20-30-16-17-31(27-15-7-11-21-8-1-4-12-24(21)27)28(19-30)29-25-13-5-2-9-22(25)18-23-10-3-6-14-26(23)29/h1-15,18,20,28H,16-17,19H2. The van der Waals surface area contributed by atoms with Gasteiger partial charge in [0.05, 0.1) is 6.04 Å². The van der Waals surface area contributed by atoms with Crippen LogP contribution in [0.15, 0.2) is 97.1 Å². The van der Waals surface area contributed by atoms with Crippen LogP contribution >= 0.6 is 0 Å². The maximum absolute atomic E-state index is 11.8. The van der Waals surface area contributed by atoms with E-state index in [1.54, 1.807) is 0 Å². The molecular weight excluding hydrogens is 392 g/mol. The summed E-state index contributed by atoms with van der Waals surface area (Å²) >= 11 is 0. The Morgan fingerprint density at radius 2 is 1.25 bits per heavy atom. The summed E-state index contributed by atoms with van der Waals surface area (Å²) in [6, 6.07) is 34.7. The number of carbonyl (C=O) groups is 1. The summed E-state index contributed by atoms with van der Waals surface area (Å²) in [7, 11) is 0. The molecule has 1 amide bonds. The van der Waals surface area contributed by atoms with Crippen molar-refractivity contribution in [3.05, 3.63) is 103 Å². The van der Waals surface area contributed by atoms with Crippen molar-refractivity contribution in [3.63, 3.8) is 0 Å². The smallest absolute Gasteiger partial charge is 0.209 e. The van der Waals surface area contributed by atoms with Crippen molar-refractivity contribution in [2.24, 2.45) is 0 Å². The van der Waals surface area contributed by atoms with E-state index in [1.165, 1.54) is 43.6 Å². The second-order valence-electron chi connectivity index (χ2n) is 8.54. The van der Waals surface area contributed by atoms with Crippen LogP contribution < -0.4 is 4.90 Å². The van der Waals surface area contributed by atoms with Gasteiger partial charge >= 0.3 is 0 Å². The number of piperazine rings is 1. The fourth-order valence-electron chi connectivity index (χ4n) is 5.30. The molecule has 0 spiro atoms. The molecule has 6 rings (SSSR count). The zero-order valence-electron chi connectivity index (χ0n) is 17.8.